The summed E-state index contributed by atoms with van der Waals surface area (Å²) < 4.78 is 63.1. The van der Waals surface area contributed by atoms with E-state index in [1.165, 1.54) is 0 Å². The van der Waals surface area contributed by atoms with Crippen molar-refractivity contribution >= 4 is 11.9 Å². The Balaban J connectivity index is -0.000000281. The molecule has 0 N–H and O–H groups in total. The van der Waals surface area contributed by atoms with Gasteiger partial charge in [0.05, 0.1) is 0 Å². The Morgan fingerprint density at radius 2 is 0.778 bits per heavy atom. The van der Waals surface area contributed by atoms with Crippen LogP contribution in [0.4, 0.5) is 26.3 Å². The summed E-state index contributed by atoms with van der Waals surface area (Å²) in [5.74, 6) is -6.01. The van der Waals surface area contributed by atoms with Gasteiger partial charge in [0.25, 0.3) is 0 Å². The average Bonchev–Trinajstić information content (AvgIpc) is 2.58. The molecule has 2 aromatic heterocycles. The Morgan fingerprint density at radius 3 is 0.815 bits per heavy atom. The van der Waals surface area contributed by atoms with Crippen LogP contribution in [-0.2, 0) is 30.7 Å². The summed E-state index contributed by atoms with van der Waals surface area (Å²) in [6.45, 7) is 0. The molecule has 0 spiro atoms. The number of aliphatic carboxylic acids is 2. The van der Waals surface area contributed by atoms with Gasteiger partial charge in [-0.05, 0) is 24.3 Å². The van der Waals surface area contributed by atoms with Crippen LogP contribution in [0.5, 0.6) is 0 Å². The number of alkyl halides is 6. The van der Waals surface area contributed by atoms with Crippen LogP contribution in [0.25, 0.3) is 0 Å². The van der Waals surface area contributed by atoms with Crippen molar-refractivity contribution in [3.63, 3.8) is 0 Å². The van der Waals surface area contributed by atoms with Gasteiger partial charge in [0, 0.05) is 24.8 Å². The number of hydrogen-bond donors (Lipinski definition) is 0. The minimum absolute atomic E-state index is 0. The normalized spacial score (nSPS) is 9.41. The molecule has 0 atom stereocenters. The summed E-state index contributed by atoms with van der Waals surface area (Å²) in [7, 11) is 0. The molecule has 6 nitrogen and oxygen atoms in total. The number of halogens is 6. The van der Waals surface area contributed by atoms with E-state index in [4.69, 9.17) is 19.8 Å². The Kier molecular flexibility index (Phi) is 17.1. The average molecular weight is 579 g/mol. The molecule has 0 saturated heterocycles. The standard InChI is InChI=1S/2C5H5N.2C2HF3O2.Pt/c2*1-2-4-6-5-3-1;2*3-2(4,5)1(6)7;/h2*1-5H;2*(H,6,7);/q;;;;+2/p-2. The van der Waals surface area contributed by atoms with Crippen LogP contribution in [0.3, 0.4) is 0 Å². The van der Waals surface area contributed by atoms with Crippen molar-refractivity contribution in [1.82, 2.24) is 9.97 Å². The molecule has 0 radical (unpaired) electrons. The molecular formula is C14H10F6N2O4Pt. The Bertz CT molecular complexity index is 504. The number of rotatable bonds is 0. The molecule has 0 aliphatic heterocycles. The zero-order valence-electron chi connectivity index (χ0n) is 12.9. The van der Waals surface area contributed by atoms with Crippen LogP contribution in [0, 0.1) is 0 Å². The van der Waals surface area contributed by atoms with Gasteiger partial charge in [0.15, 0.2) is 0 Å². The van der Waals surface area contributed by atoms with E-state index in [1.54, 1.807) is 24.8 Å². The topological polar surface area (TPSA) is 106 Å². The number of aromatic nitrogens is 2. The zero-order chi connectivity index (χ0) is 20.6. The summed E-state index contributed by atoms with van der Waals surface area (Å²) in [6, 6.07) is 11.4. The van der Waals surface area contributed by atoms with Crippen LogP contribution >= 0.6 is 0 Å². The third kappa shape index (κ3) is 23.5. The van der Waals surface area contributed by atoms with E-state index in [1.807, 2.05) is 36.4 Å². The molecule has 0 saturated carbocycles. The first-order valence-corrected chi connectivity index (χ1v) is 6.15. The van der Waals surface area contributed by atoms with Gasteiger partial charge in [-0.2, -0.15) is 26.3 Å². The monoisotopic (exact) mass is 579 g/mol. The second kappa shape index (κ2) is 15.7. The Labute approximate surface area is 163 Å². The Hall–Kier alpha value is -2.49. The maximum atomic E-state index is 10.5. The minimum atomic E-state index is -5.19. The SMILES string of the molecule is O=C([O-])C(F)(F)F.O=C([O-])C(F)(F)F.[Pt+2].c1ccncc1.c1ccncc1. The predicted octanol–water partition coefficient (Wildman–Crippen LogP) is 0.758. The molecule has 0 aliphatic rings. The maximum Gasteiger partial charge on any atom is 2.00 e. The molecule has 2 heterocycles. The van der Waals surface area contributed by atoms with Gasteiger partial charge in [0.1, 0.15) is 11.9 Å². The minimum Gasteiger partial charge on any atom is -0.542 e. The van der Waals surface area contributed by atoms with E-state index in [0.29, 0.717) is 0 Å². The fourth-order valence-corrected chi connectivity index (χ4v) is 0.625. The first-order valence-electron chi connectivity index (χ1n) is 6.15. The van der Waals surface area contributed by atoms with Crippen molar-refractivity contribution in [2.75, 3.05) is 0 Å². The predicted molar refractivity (Wildman–Crippen MR) is 70.6 cm³/mol. The van der Waals surface area contributed by atoms with Gasteiger partial charge in [0.2, 0.25) is 0 Å². The van der Waals surface area contributed by atoms with E-state index in [0.717, 1.165) is 0 Å². The molecule has 0 bridgehead atoms. The van der Waals surface area contributed by atoms with Gasteiger partial charge < -0.3 is 19.8 Å². The van der Waals surface area contributed by atoms with Gasteiger partial charge >= 0.3 is 33.4 Å². The smallest absolute Gasteiger partial charge is 0.542 e. The summed E-state index contributed by atoms with van der Waals surface area (Å²) in [5.41, 5.74) is 0. The van der Waals surface area contributed by atoms with E-state index in [-0.39, 0.29) is 21.1 Å². The van der Waals surface area contributed by atoms with Crippen LogP contribution in [0.2, 0.25) is 0 Å². The van der Waals surface area contributed by atoms with Crippen molar-refractivity contribution in [3.05, 3.63) is 61.2 Å². The van der Waals surface area contributed by atoms with Gasteiger partial charge in [-0.15, -0.1) is 0 Å². The molecule has 0 unspecified atom stereocenters. The number of carbonyl (C=O) groups excluding carboxylic acids is 2. The third-order valence-corrected chi connectivity index (χ3v) is 1.60. The number of hydrogen-bond acceptors (Lipinski definition) is 6. The molecular weight excluding hydrogens is 569 g/mol. The number of nitrogens with zero attached hydrogens (tertiary/aromatic N) is 2. The summed E-state index contributed by atoms with van der Waals surface area (Å²) in [5, 5.41) is 17.6. The third-order valence-electron chi connectivity index (χ3n) is 1.60. The summed E-state index contributed by atoms with van der Waals surface area (Å²) in [6.07, 6.45) is -3.39. The molecule has 0 fully saturated rings. The molecule has 0 aliphatic carbocycles. The second-order valence-electron chi connectivity index (χ2n) is 3.62. The molecule has 27 heavy (non-hydrogen) atoms. The van der Waals surface area contributed by atoms with Crippen LogP contribution in [0.1, 0.15) is 0 Å². The molecule has 0 aromatic carbocycles. The first kappa shape index (κ1) is 29.3. The fraction of sp³-hybridized carbons (Fsp3) is 0.143. The Morgan fingerprint density at radius 1 is 0.593 bits per heavy atom. The van der Waals surface area contributed by atoms with Gasteiger partial charge in [-0.3, -0.25) is 9.97 Å². The number of carbonyl (C=O) groups is 2. The van der Waals surface area contributed by atoms with E-state index in [9.17, 15) is 26.3 Å². The molecule has 152 valence electrons. The summed E-state index contributed by atoms with van der Waals surface area (Å²) >= 11 is 0. The van der Waals surface area contributed by atoms with Crippen LogP contribution in [0.15, 0.2) is 61.2 Å². The van der Waals surface area contributed by atoms with Crippen molar-refractivity contribution < 1.29 is 67.2 Å². The van der Waals surface area contributed by atoms with Crippen molar-refractivity contribution in [2.45, 2.75) is 12.4 Å². The largest absolute Gasteiger partial charge is 2.00 e. The quantitative estimate of drug-likeness (QED) is 0.427. The van der Waals surface area contributed by atoms with Crippen LogP contribution < -0.4 is 10.2 Å². The zero-order valence-corrected chi connectivity index (χ0v) is 15.2. The van der Waals surface area contributed by atoms with Crippen molar-refractivity contribution in [2.24, 2.45) is 0 Å². The van der Waals surface area contributed by atoms with Gasteiger partial charge in [-0.1, -0.05) is 12.1 Å². The number of carboxylic acids is 2. The van der Waals surface area contributed by atoms with E-state index < -0.39 is 24.3 Å². The molecule has 2 rings (SSSR count). The molecule has 13 heteroatoms. The van der Waals surface area contributed by atoms with Crippen molar-refractivity contribution in [3.8, 4) is 0 Å². The second-order valence-corrected chi connectivity index (χ2v) is 3.62. The van der Waals surface area contributed by atoms with Crippen LogP contribution in [-0.4, -0.2) is 34.3 Å². The number of carboxylic acid groups (broad SMARTS) is 2. The molecule has 0 amide bonds. The first-order chi connectivity index (χ1) is 11.9. The van der Waals surface area contributed by atoms with E-state index >= 15 is 0 Å². The number of pyridine rings is 2. The van der Waals surface area contributed by atoms with Crippen molar-refractivity contribution in [1.29, 1.82) is 0 Å². The summed E-state index contributed by atoms with van der Waals surface area (Å²) in [4.78, 5) is 25.1. The fourth-order valence-electron chi connectivity index (χ4n) is 0.625. The maximum absolute atomic E-state index is 10.5. The van der Waals surface area contributed by atoms with Gasteiger partial charge in [-0.25, -0.2) is 0 Å². The molecule has 2 aromatic rings. The van der Waals surface area contributed by atoms with E-state index in [2.05, 4.69) is 9.97 Å².